The predicted molar refractivity (Wildman–Crippen MR) is 108 cm³/mol. The Morgan fingerprint density at radius 1 is 1.17 bits per heavy atom. The van der Waals surface area contributed by atoms with Crippen molar-refractivity contribution in [2.45, 2.75) is 25.6 Å². The number of halogens is 1. The number of fused-ring (bicyclic) bond motifs is 1. The number of Topliss-reactive ketones (excluding diaryl/α,β-unsaturated/α-hetero) is 1. The van der Waals surface area contributed by atoms with E-state index in [0.717, 1.165) is 25.9 Å². The standard InChI is InChI=1S/C22H24FN3O4/c23-17-6-4-16(5-7-17)21(27)14-24-10-8-15(9-11-24)12-25-13-19-18(22(25)28)2-1-3-20(19)26(29)30/h1-7,15,22,28H,8-14H2. The molecule has 1 saturated heterocycles. The second-order valence-electron chi connectivity index (χ2n) is 8.05. The minimum atomic E-state index is -0.821. The number of carbonyl (C=O) groups is 1. The van der Waals surface area contributed by atoms with Crippen molar-refractivity contribution in [3.8, 4) is 0 Å². The number of nitrogens with zero attached hydrogens (tertiary/aromatic N) is 3. The number of nitro groups is 1. The van der Waals surface area contributed by atoms with Gasteiger partial charge in [-0.25, -0.2) is 4.39 Å². The minimum absolute atomic E-state index is 0.0221. The van der Waals surface area contributed by atoms with E-state index in [4.69, 9.17) is 0 Å². The van der Waals surface area contributed by atoms with Gasteiger partial charge in [0.25, 0.3) is 5.69 Å². The van der Waals surface area contributed by atoms with Crippen LogP contribution in [0.4, 0.5) is 10.1 Å². The molecule has 0 bridgehead atoms. The minimum Gasteiger partial charge on any atom is -0.374 e. The number of rotatable bonds is 6. The molecule has 1 fully saturated rings. The third kappa shape index (κ3) is 4.26. The maximum atomic E-state index is 13.0. The lowest BCUT2D eigenvalue weighted by Gasteiger charge is -2.34. The fraction of sp³-hybridized carbons (Fsp3) is 0.409. The lowest BCUT2D eigenvalue weighted by Crippen LogP contribution is -2.40. The Hall–Kier alpha value is -2.68. The number of piperidine rings is 1. The average Bonchev–Trinajstić information content (AvgIpc) is 3.05. The van der Waals surface area contributed by atoms with E-state index >= 15 is 0 Å². The summed E-state index contributed by atoms with van der Waals surface area (Å²) in [5, 5.41) is 21.9. The number of aliphatic hydroxyl groups excluding tert-OH is 1. The third-order valence-corrected chi connectivity index (χ3v) is 6.10. The first kappa shape index (κ1) is 20.6. The molecule has 0 spiro atoms. The molecule has 7 nitrogen and oxygen atoms in total. The lowest BCUT2D eigenvalue weighted by atomic mass is 9.95. The summed E-state index contributed by atoms with van der Waals surface area (Å²) in [4.78, 5) is 27.2. The predicted octanol–water partition coefficient (Wildman–Crippen LogP) is 3.14. The number of benzene rings is 2. The zero-order valence-corrected chi connectivity index (χ0v) is 16.5. The van der Waals surface area contributed by atoms with Gasteiger partial charge in [0.15, 0.2) is 5.78 Å². The number of hydrogen-bond donors (Lipinski definition) is 1. The highest BCUT2D eigenvalue weighted by Gasteiger charge is 2.35. The Morgan fingerprint density at radius 2 is 1.87 bits per heavy atom. The molecule has 2 heterocycles. The Kier molecular flexibility index (Phi) is 5.90. The molecule has 2 aliphatic rings. The van der Waals surface area contributed by atoms with E-state index in [1.54, 1.807) is 12.1 Å². The van der Waals surface area contributed by atoms with Crippen LogP contribution in [0.2, 0.25) is 0 Å². The number of aliphatic hydroxyl groups is 1. The summed E-state index contributed by atoms with van der Waals surface area (Å²) in [5.74, 6) is -0.0275. The van der Waals surface area contributed by atoms with Crippen molar-refractivity contribution < 1.29 is 19.2 Å². The van der Waals surface area contributed by atoms with Crippen molar-refractivity contribution in [1.29, 1.82) is 0 Å². The van der Waals surface area contributed by atoms with Crippen molar-refractivity contribution in [3.05, 3.63) is 75.1 Å². The topological polar surface area (TPSA) is 86.9 Å². The van der Waals surface area contributed by atoms with Crippen LogP contribution in [-0.4, -0.2) is 51.8 Å². The molecule has 8 heteroatoms. The first-order valence-electron chi connectivity index (χ1n) is 10.1. The summed E-state index contributed by atoms with van der Waals surface area (Å²) in [6.45, 7) is 2.88. The Labute approximate surface area is 173 Å². The first-order valence-corrected chi connectivity index (χ1v) is 10.1. The Bertz CT molecular complexity index is 942. The normalized spacial score (nSPS) is 20.3. The van der Waals surface area contributed by atoms with Crippen molar-refractivity contribution in [1.82, 2.24) is 9.80 Å². The Morgan fingerprint density at radius 3 is 2.53 bits per heavy atom. The second-order valence-corrected chi connectivity index (χ2v) is 8.05. The van der Waals surface area contributed by atoms with Crippen LogP contribution in [0.25, 0.3) is 0 Å². The smallest absolute Gasteiger partial charge is 0.274 e. The largest absolute Gasteiger partial charge is 0.374 e. The van der Waals surface area contributed by atoms with Crippen LogP contribution in [0.15, 0.2) is 42.5 Å². The van der Waals surface area contributed by atoms with Gasteiger partial charge in [-0.05, 0) is 56.1 Å². The molecule has 1 atom stereocenters. The molecule has 2 aromatic rings. The summed E-state index contributed by atoms with van der Waals surface area (Å²) in [6.07, 6.45) is 0.953. The van der Waals surface area contributed by atoms with Gasteiger partial charge in [-0.3, -0.25) is 24.7 Å². The van der Waals surface area contributed by atoms with Crippen molar-refractivity contribution in [2.24, 2.45) is 5.92 Å². The molecule has 4 rings (SSSR count). The summed E-state index contributed by atoms with van der Waals surface area (Å²) in [6, 6.07) is 10.4. The van der Waals surface area contributed by atoms with Crippen LogP contribution in [0, 0.1) is 21.8 Å². The zero-order valence-electron chi connectivity index (χ0n) is 16.5. The molecule has 30 heavy (non-hydrogen) atoms. The molecule has 2 aromatic carbocycles. The second kappa shape index (κ2) is 8.59. The highest BCUT2D eigenvalue weighted by molar-refractivity contribution is 5.97. The summed E-state index contributed by atoms with van der Waals surface area (Å²) >= 11 is 0. The van der Waals surface area contributed by atoms with Crippen molar-refractivity contribution in [3.63, 3.8) is 0 Å². The van der Waals surface area contributed by atoms with E-state index in [0.29, 0.717) is 42.2 Å². The quantitative estimate of drug-likeness (QED) is 0.445. The highest BCUT2D eigenvalue weighted by atomic mass is 19.1. The van der Waals surface area contributed by atoms with Crippen LogP contribution in [-0.2, 0) is 6.54 Å². The molecule has 158 valence electrons. The van der Waals surface area contributed by atoms with Crippen LogP contribution in [0.3, 0.4) is 0 Å². The molecule has 0 saturated carbocycles. The van der Waals surface area contributed by atoms with E-state index in [-0.39, 0.29) is 17.3 Å². The van der Waals surface area contributed by atoms with Gasteiger partial charge in [0.05, 0.1) is 17.0 Å². The van der Waals surface area contributed by atoms with E-state index in [1.807, 2.05) is 4.90 Å². The number of hydrogen-bond acceptors (Lipinski definition) is 6. The molecule has 1 N–H and O–H groups in total. The molecule has 1 unspecified atom stereocenters. The molecule has 0 aliphatic carbocycles. The van der Waals surface area contributed by atoms with Gasteiger partial charge in [-0.15, -0.1) is 0 Å². The van der Waals surface area contributed by atoms with Gasteiger partial charge < -0.3 is 5.11 Å². The maximum Gasteiger partial charge on any atom is 0.274 e. The third-order valence-electron chi connectivity index (χ3n) is 6.10. The fourth-order valence-electron chi connectivity index (χ4n) is 4.42. The van der Waals surface area contributed by atoms with Crippen LogP contribution < -0.4 is 0 Å². The van der Waals surface area contributed by atoms with E-state index < -0.39 is 11.2 Å². The molecule has 0 amide bonds. The lowest BCUT2D eigenvalue weighted by molar-refractivity contribution is -0.385. The van der Waals surface area contributed by atoms with Gasteiger partial charge in [-0.1, -0.05) is 12.1 Å². The SMILES string of the molecule is O=C(CN1CCC(CN2Cc3c(cccc3[N+](=O)[O-])C2O)CC1)c1ccc(F)cc1. The number of ketones is 1. The average molecular weight is 413 g/mol. The number of nitro benzene ring substituents is 1. The van der Waals surface area contributed by atoms with Crippen molar-refractivity contribution in [2.75, 3.05) is 26.2 Å². The van der Waals surface area contributed by atoms with Crippen molar-refractivity contribution >= 4 is 11.5 Å². The first-order chi connectivity index (χ1) is 14.4. The van der Waals surface area contributed by atoms with Gasteiger partial charge in [-0.2, -0.15) is 0 Å². The van der Waals surface area contributed by atoms with Crippen LogP contribution in [0.5, 0.6) is 0 Å². The molecular formula is C22H24FN3O4. The summed E-state index contributed by atoms with van der Waals surface area (Å²) < 4.78 is 13.0. The Balaban J connectivity index is 1.30. The monoisotopic (exact) mass is 413 g/mol. The van der Waals surface area contributed by atoms with E-state index in [9.17, 15) is 24.4 Å². The van der Waals surface area contributed by atoms with E-state index in [1.165, 1.54) is 30.3 Å². The highest BCUT2D eigenvalue weighted by Crippen LogP contribution is 2.38. The molecule has 2 aliphatic heterocycles. The van der Waals surface area contributed by atoms with Gasteiger partial charge in [0, 0.05) is 30.3 Å². The molecular weight excluding hydrogens is 389 g/mol. The van der Waals surface area contributed by atoms with Gasteiger partial charge in [0.2, 0.25) is 0 Å². The van der Waals surface area contributed by atoms with Crippen LogP contribution >= 0.6 is 0 Å². The van der Waals surface area contributed by atoms with Crippen LogP contribution in [0.1, 0.15) is 40.6 Å². The summed E-state index contributed by atoms with van der Waals surface area (Å²) in [5.41, 5.74) is 1.78. The zero-order chi connectivity index (χ0) is 21.3. The summed E-state index contributed by atoms with van der Waals surface area (Å²) in [7, 11) is 0. The molecule has 0 aromatic heterocycles. The van der Waals surface area contributed by atoms with Gasteiger partial charge >= 0.3 is 0 Å². The fourth-order valence-corrected chi connectivity index (χ4v) is 4.42. The maximum absolute atomic E-state index is 13.0. The number of likely N-dealkylation sites (tertiary alicyclic amines) is 1. The van der Waals surface area contributed by atoms with E-state index in [2.05, 4.69) is 4.90 Å². The number of carbonyl (C=O) groups excluding carboxylic acids is 1. The molecule has 0 radical (unpaired) electrons. The van der Waals surface area contributed by atoms with Gasteiger partial charge in [0.1, 0.15) is 12.0 Å².